The molecule has 0 aliphatic carbocycles. The molecule has 2 aliphatic rings. The number of amides is 2. The van der Waals surface area contributed by atoms with E-state index in [4.69, 9.17) is 4.74 Å². The first-order chi connectivity index (χ1) is 18.4. The van der Waals surface area contributed by atoms with Gasteiger partial charge in [0, 0.05) is 43.2 Å². The Morgan fingerprint density at radius 3 is 2.68 bits per heavy atom. The number of aromatic nitrogens is 3. The van der Waals surface area contributed by atoms with Crippen LogP contribution in [0, 0.1) is 5.82 Å². The molecule has 6 rings (SSSR count). The minimum absolute atomic E-state index is 0.105. The van der Waals surface area contributed by atoms with E-state index >= 15 is 0 Å². The maximum atomic E-state index is 13.7. The van der Waals surface area contributed by atoms with E-state index in [-0.39, 0.29) is 18.2 Å². The highest BCUT2D eigenvalue weighted by Gasteiger charge is 2.36. The summed E-state index contributed by atoms with van der Waals surface area (Å²) in [5.41, 5.74) is 4.01. The lowest BCUT2D eigenvalue weighted by molar-refractivity contribution is 0.0198. The van der Waals surface area contributed by atoms with Gasteiger partial charge in [-0.25, -0.2) is 24.1 Å². The molecule has 1 fully saturated rings. The molecule has 2 amide bonds. The number of hydrogen-bond acceptors (Lipinski definition) is 7. The van der Waals surface area contributed by atoms with E-state index in [1.807, 2.05) is 18.2 Å². The van der Waals surface area contributed by atoms with Gasteiger partial charge in [-0.15, -0.1) is 0 Å². The fourth-order valence-electron chi connectivity index (χ4n) is 5.11. The Balaban J connectivity index is 1.34. The van der Waals surface area contributed by atoms with Crippen LogP contribution in [-0.4, -0.2) is 67.6 Å². The lowest BCUT2D eigenvalue weighted by Crippen LogP contribution is -2.38. The molecule has 1 atom stereocenters. The van der Waals surface area contributed by atoms with Crippen molar-refractivity contribution in [3.63, 3.8) is 0 Å². The first-order valence-electron chi connectivity index (χ1n) is 12.3. The number of imidazole rings is 1. The number of nitrogens with one attached hydrogen (secondary N) is 1. The third kappa shape index (κ3) is 4.15. The number of carbonyl (C=O) groups excluding carboxylic acids is 1. The topological polar surface area (TPSA) is 112 Å². The van der Waals surface area contributed by atoms with Gasteiger partial charge in [-0.05, 0) is 36.2 Å². The lowest BCUT2D eigenvalue weighted by Gasteiger charge is -2.32. The molecule has 0 bridgehead atoms. The maximum absolute atomic E-state index is 13.7. The monoisotopic (exact) mass is 516 g/mol. The van der Waals surface area contributed by atoms with Crippen LogP contribution >= 0.6 is 0 Å². The van der Waals surface area contributed by atoms with E-state index in [9.17, 15) is 19.1 Å². The van der Waals surface area contributed by atoms with E-state index in [0.717, 1.165) is 23.6 Å². The number of ether oxygens (including phenoxy) is 1. The number of imide groups is 1. The molecule has 0 radical (unpaired) electrons. The van der Waals surface area contributed by atoms with Gasteiger partial charge in [0.1, 0.15) is 17.3 Å². The fourth-order valence-corrected chi connectivity index (χ4v) is 5.11. The highest BCUT2D eigenvalue weighted by atomic mass is 19.1. The number of benzene rings is 1. The SMILES string of the molecule is CC(c1ccc(Nc2ccc(-c3cnc4cc(F)ccn34)c3c2C(=O)N(C(=O)O)C3)nc1)N1CCOCC1. The van der Waals surface area contributed by atoms with Crippen LogP contribution in [0.2, 0.25) is 0 Å². The highest BCUT2D eigenvalue weighted by Crippen LogP contribution is 2.38. The Morgan fingerprint density at radius 2 is 1.95 bits per heavy atom. The first kappa shape index (κ1) is 24.0. The quantitative estimate of drug-likeness (QED) is 0.404. The van der Waals surface area contributed by atoms with Gasteiger partial charge in [0.15, 0.2) is 0 Å². The van der Waals surface area contributed by atoms with Gasteiger partial charge in [0.25, 0.3) is 5.91 Å². The van der Waals surface area contributed by atoms with Gasteiger partial charge in [-0.2, -0.15) is 0 Å². The smallest absolute Gasteiger partial charge is 0.414 e. The van der Waals surface area contributed by atoms with Gasteiger partial charge < -0.3 is 15.2 Å². The number of rotatable bonds is 5. The van der Waals surface area contributed by atoms with Crippen LogP contribution in [0.5, 0.6) is 0 Å². The van der Waals surface area contributed by atoms with Crippen molar-refractivity contribution in [2.24, 2.45) is 0 Å². The molecule has 4 aromatic rings. The number of nitrogens with zero attached hydrogens (tertiary/aromatic N) is 5. The normalized spacial score (nSPS) is 16.6. The number of morpholine rings is 1. The Bertz CT molecular complexity index is 1550. The van der Waals surface area contributed by atoms with E-state index in [0.29, 0.717) is 47.2 Å². The summed E-state index contributed by atoms with van der Waals surface area (Å²) >= 11 is 0. The number of anilines is 2. The summed E-state index contributed by atoms with van der Waals surface area (Å²) in [4.78, 5) is 37.0. The van der Waals surface area contributed by atoms with Gasteiger partial charge in [-0.1, -0.05) is 12.1 Å². The van der Waals surface area contributed by atoms with E-state index in [1.165, 1.54) is 12.1 Å². The molecule has 1 saturated heterocycles. The summed E-state index contributed by atoms with van der Waals surface area (Å²) in [7, 11) is 0. The number of halogens is 1. The average molecular weight is 517 g/mol. The molecule has 38 heavy (non-hydrogen) atoms. The van der Waals surface area contributed by atoms with Gasteiger partial charge >= 0.3 is 6.09 Å². The van der Waals surface area contributed by atoms with Gasteiger partial charge in [0.2, 0.25) is 0 Å². The average Bonchev–Trinajstić information content (AvgIpc) is 3.50. The van der Waals surface area contributed by atoms with Crippen LogP contribution in [0.25, 0.3) is 16.9 Å². The molecular formula is C27H25FN6O4. The molecule has 10 nitrogen and oxygen atoms in total. The standard InChI is InChI=1S/C27H25FN6O4/c1-16(32-8-10-38-11-9-32)17-2-5-23(29-13-17)31-21-4-3-19(20-15-34(27(36)37)26(35)25(20)21)22-14-30-24-12-18(28)6-7-33(22)24/h2-7,12-14,16H,8-11,15H2,1H3,(H,29,31)(H,36,37). The molecule has 1 unspecified atom stereocenters. The maximum Gasteiger partial charge on any atom is 0.414 e. The van der Waals surface area contributed by atoms with Crippen LogP contribution in [0.4, 0.5) is 20.7 Å². The Labute approximate surface area is 217 Å². The molecule has 194 valence electrons. The predicted molar refractivity (Wildman–Crippen MR) is 137 cm³/mol. The number of fused-ring (bicyclic) bond motifs is 2. The van der Waals surface area contributed by atoms with Crippen LogP contribution < -0.4 is 5.32 Å². The summed E-state index contributed by atoms with van der Waals surface area (Å²) in [6.45, 7) is 5.19. The zero-order valence-corrected chi connectivity index (χ0v) is 20.6. The molecule has 3 aromatic heterocycles. The Hall–Kier alpha value is -4.35. The van der Waals surface area contributed by atoms with Crippen molar-refractivity contribution in [1.29, 1.82) is 0 Å². The molecule has 1 aromatic carbocycles. The summed E-state index contributed by atoms with van der Waals surface area (Å²) < 4.78 is 20.8. The minimum Gasteiger partial charge on any atom is -0.465 e. The second-order valence-electron chi connectivity index (χ2n) is 9.33. The number of carbonyl (C=O) groups is 2. The van der Waals surface area contributed by atoms with E-state index in [2.05, 4.69) is 27.1 Å². The Morgan fingerprint density at radius 1 is 1.13 bits per heavy atom. The molecule has 0 spiro atoms. The van der Waals surface area contributed by atoms with Crippen LogP contribution in [0.3, 0.4) is 0 Å². The third-order valence-electron chi connectivity index (χ3n) is 7.20. The molecule has 2 aliphatic heterocycles. The van der Waals surface area contributed by atoms with Gasteiger partial charge in [0.05, 0.1) is 42.9 Å². The summed E-state index contributed by atoms with van der Waals surface area (Å²) in [6, 6.07) is 10.2. The van der Waals surface area contributed by atoms with Crippen molar-refractivity contribution in [2.75, 3.05) is 31.6 Å². The summed E-state index contributed by atoms with van der Waals surface area (Å²) in [5, 5.41) is 12.9. The predicted octanol–water partition coefficient (Wildman–Crippen LogP) is 4.31. The fraction of sp³-hybridized carbons (Fsp3) is 0.259. The number of carboxylic acid groups (broad SMARTS) is 1. The number of pyridine rings is 2. The molecular weight excluding hydrogens is 491 g/mol. The van der Waals surface area contributed by atoms with Gasteiger partial charge in [-0.3, -0.25) is 14.1 Å². The van der Waals surface area contributed by atoms with E-state index < -0.39 is 17.8 Å². The third-order valence-corrected chi connectivity index (χ3v) is 7.20. The minimum atomic E-state index is -1.33. The Kier molecular flexibility index (Phi) is 6.01. The van der Waals surface area contributed by atoms with Crippen LogP contribution in [0.15, 0.2) is 55.0 Å². The summed E-state index contributed by atoms with van der Waals surface area (Å²) in [5.74, 6) is -0.497. The zero-order valence-electron chi connectivity index (χ0n) is 20.6. The van der Waals surface area contributed by atoms with Crippen LogP contribution in [0.1, 0.15) is 34.5 Å². The summed E-state index contributed by atoms with van der Waals surface area (Å²) in [6.07, 6.45) is 3.62. The second kappa shape index (κ2) is 9.51. The molecule has 2 N–H and O–H groups in total. The molecule has 0 saturated carbocycles. The first-order valence-corrected chi connectivity index (χ1v) is 12.3. The number of hydrogen-bond donors (Lipinski definition) is 2. The second-order valence-corrected chi connectivity index (χ2v) is 9.33. The molecule has 11 heteroatoms. The molecule has 5 heterocycles. The van der Waals surface area contributed by atoms with E-state index in [1.54, 1.807) is 29.1 Å². The zero-order chi connectivity index (χ0) is 26.4. The van der Waals surface area contributed by atoms with Crippen molar-refractivity contribution < 1.29 is 23.8 Å². The van der Waals surface area contributed by atoms with Crippen LogP contribution in [-0.2, 0) is 11.3 Å². The highest BCUT2D eigenvalue weighted by molar-refractivity contribution is 6.11. The van der Waals surface area contributed by atoms with Crippen molar-refractivity contribution in [1.82, 2.24) is 24.2 Å². The van der Waals surface area contributed by atoms with Crippen molar-refractivity contribution >= 4 is 29.2 Å². The van der Waals surface area contributed by atoms with Crippen molar-refractivity contribution in [2.45, 2.75) is 19.5 Å². The lowest BCUT2D eigenvalue weighted by atomic mass is 9.99. The largest absolute Gasteiger partial charge is 0.465 e. The van der Waals surface area contributed by atoms with Crippen molar-refractivity contribution in [3.8, 4) is 11.3 Å². The van der Waals surface area contributed by atoms with Crippen molar-refractivity contribution in [3.05, 3.63) is 77.5 Å².